The average molecular weight is 262 g/mol. The van der Waals surface area contributed by atoms with Gasteiger partial charge in [-0.05, 0) is 55.4 Å². The third-order valence-corrected chi connectivity index (χ3v) is 5.05. The second-order valence-corrected chi connectivity index (χ2v) is 6.03. The van der Waals surface area contributed by atoms with Gasteiger partial charge in [-0.15, -0.1) is 6.42 Å². The first kappa shape index (κ1) is 11.8. The molecule has 0 bridgehead atoms. The number of hydrogen-bond acceptors (Lipinski definition) is 1. The first-order valence-corrected chi connectivity index (χ1v) is 7.44. The van der Waals surface area contributed by atoms with E-state index < -0.39 is 0 Å². The Balaban J connectivity index is 1.97. The average Bonchev–Trinajstić information content (AvgIpc) is 2.97. The molecule has 0 N–H and O–H groups in total. The van der Waals surface area contributed by atoms with Crippen LogP contribution in [0.25, 0.3) is 0 Å². The fourth-order valence-electron chi connectivity index (χ4n) is 4.15. The predicted molar refractivity (Wildman–Crippen MR) is 79.6 cm³/mol. The molecule has 1 spiro atoms. The molecule has 1 aromatic heterocycles. The smallest absolute Gasteiger partial charge is 0.0948 e. The second kappa shape index (κ2) is 4.24. The first-order chi connectivity index (χ1) is 9.83. The minimum Gasteiger partial charge on any atom is -0.334 e. The van der Waals surface area contributed by atoms with E-state index in [1.807, 2.05) is 6.33 Å². The van der Waals surface area contributed by atoms with Crippen LogP contribution in [0.3, 0.4) is 0 Å². The number of fused-ring (bicyclic) bond motifs is 4. The highest BCUT2D eigenvalue weighted by Crippen LogP contribution is 2.48. The Bertz CT molecular complexity index is 700. The molecule has 1 unspecified atom stereocenters. The number of rotatable bonds is 0. The van der Waals surface area contributed by atoms with Crippen molar-refractivity contribution < 1.29 is 0 Å². The third kappa shape index (κ3) is 1.50. The van der Waals surface area contributed by atoms with Crippen LogP contribution in [0.5, 0.6) is 0 Å². The van der Waals surface area contributed by atoms with Gasteiger partial charge in [0.25, 0.3) is 0 Å². The van der Waals surface area contributed by atoms with Gasteiger partial charge >= 0.3 is 0 Å². The Morgan fingerprint density at radius 3 is 3.05 bits per heavy atom. The van der Waals surface area contributed by atoms with Gasteiger partial charge in [-0.25, -0.2) is 4.98 Å². The van der Waals surface area contributed by atoms with Gasteiger partial charge in [0, 0.05) is 29.4 Å². The van der Waals surface area contributed by atoms with Crippen molar-refractivity contribution in [2.45, 2.75) is 44.1 Å². The number of terminal acetylenes is 1. The number of hydrogen-bond donors (Lipinski definition) is 0. The minimum atomic E-state index is 0.148. The summed E-state index contributed by atoms with van der Waals surface area (Å²) in [4.78, 5) is 4.39. The number of aryl methyl sites for hydroxylation is 2. The molecule has 0 saturated carbocycles. The summed E-state index contributed by atoms with van der Waals surface area (Å²) < 4.78 is 2.33. The van der Waals surface area contributed by atoms with Crippen LogP contribution < -0.4 is 0 Å². The van der Waals surface area contributed by atoms with E-state index in [1.54, 1.807) is 0 Å². The summed E-state index contributed by atoms with van der Waals surface area (Å²) in [5.74, 6) is 2.79. The summed E-state index contributed by atoms with van der Waals surface area (Å²) in [6.45, 7) is 1.10. The lowest BCUT2D eigenvalue weighted by Gasteiger charge is -2.42. The molecule has 0 radical (unpaired) electrons. The van der Waals surface area contributed by atoms with E-state index in [2.05, 4.69) is 39.9 Å². The zero-order chi connectivity index (χ0) is 13.6. The molecule has 20 heavy (non-hydrogen) atoms. The van der Waals surface area contributed by atoms with Gasteiger partial charge < -0.3 is 4.57 Å². The molecule has 2 nitrogen and oxygen atoms in total. The molecular formula is C18H18N2. The van der Waals surface area contributed by atoms with E-state index in [4.69, 9.17) is 6.42 Å². The number of imidazole rings is 1. The molecule has 0 fully saturated rings. The van der Waals surface area contributed by atoms with Gasteiger partial charge in [-0.1, -0.05) is 12.0 Å². The Kier molecular flexibility index (Phi) is 2.50. The molecular weight excluding hydrogens is 244 g/mol. The molecule has 1 aliphatic heterocycles. The molecule has 2 aromatic rings. The number of benzene rings is 1. The van der Waals surface area contributed by atoms with Crippen molar-refractivity contribution in [2.24, 2.45) is 0 Å². The van der Waals surface area contributed by atoms with Crippen LogP contribution in [0, 0.1) is 12.3 Å². The summed E-state index contributed by atoms with van der Waals surface area (Å²) in [6, 6.07) is 6.57. The highest BCUT2D eigenvalue weighted by molar-refractivity contribution is 5.49. The first-order valence-electron chi connectivity index (χ1n) is 7.44. The van der Waals surface area contributed by atoms with E-state index >= 15 is 0 Å². The quantitative estimate of drug-likeness (QED) is 0.666. The van der Waals surface area contributed by atoms with Crippen LogP contribution in [-0.4, -0.2) is 9.55 Å². The highest BCUT2D eigenvalue weighted by atomic mass is 15.1. The van der Waals surface area contributed by atoms with Crippen molar-refractivity contribution in [3.63, 3.8) is 0 Å². The van der Waals surface area contributed by atoms with Crippen LogP contribution in [0.4, 0.5) is 0 Å². The zero-order valence-corrected chi connectivity index (χ0v) is 11.6. The molecule has 2 aliphatic rings. The van der Waals surface area contributed by atoms with Gasteiger partial charge in [0.05, 0.1) is 6.33 Å². The van der Waals surface area contributed by atoms with Gasteiger partial charge in [0.2, 0.25) is 0 Å². The van der Waals surface area contributed by atoms with Crippen LogP contribution in [0.1, 0.15) is 48.1 Å². The van der Waals surface area contributed by atoms with Gasteiger partial charge in [0.15, 0.2) is 0 Å². The fourth-order valence-corrected chi connectivity index (χ4v) is 4.15. The molecule has 2 heteroatoms. The summed E-state index contributed by atoms with van der Waals surface area (Å²) in [7, 11) is 0. The van der Waals surface area contributed by atoms with Crippen LogP contribution >= 0.6 is 0 Å². The molecule has 0 amide bonds. The van der Waals surface area contributed by atoms with E-state index in [1.165, 1.54) is 48.9 Å². The third-order valence-electron chi connectivity index (χ3n) is 5.05. The minimum absolute atomic E-state index is 0.148. The predicted octanol–water partition coefficient (Wildman–Crippen LogP) is 3.28. The molecule has 1 atom stereocenters. The Morgan fingerprint density at radius 2 is 2.15 bits per heavy atom. The summed E-state index contributed by atoms with van der Waals surface area (Å²) in [5.41, 5.74) is 5.47. The van der Waals surface area contributed by atoms with Crippen molar-refractivity contribution in [3.05, 3.63) is 53.1 Å². The maximum atomic E-state index is 5.61. The monoisotopic (exact) mass is 262 g/mol. The highest BCUT2D eigenvalue weighted by Gasteiger charge is 2.42. The lowest BCUT2D eigenvalue weighted by Crippen LogP contribution is -2.37. The Hall–Kier alpha value is -2.01. The Morgan fingerprint density at radius 1 is 1.25 bits per heavy atom. The van der Waals surface area contributed by atoms with Crippen molar-refractivity contribution in [2.75, 3.05) is 0 Å². The standard InChI is InChI=1S/C18H18N2/c1-2-14-6-7-15-5-3-8-18(16(15)11-14)9-4-10-20-13-19-12-17(18)20/h1,6-7,11-13H,3-5,8-10H2. The van der Waals surface area contributed by atoms with Crippen molar-refractivity contribution in [1.29, 1.82) is 0 Å². The summed E-state index contributed by atoms with van der Waals surface area (Å²) in [6.07, 6.45) is 15.8. The van der Waals surface area contributed by atoms with E-state index in [9.17, 15) is 0 Å². The molecule has 0 saturated heterocycles. The molecule has 1 aliphatic carbocycles. The summed E-state index contributed by atoms with van der Waals surface area (Å²) in [5, 5.41) is 0. The second-order valence-electron chi connectivity index (χ2n) is 6.03. The maximum absolute atomic E-state index is 5.61. The molecule has 1 aromatic carbocycles. The van der Waals surface area contributed by atoms with Crippen molar-refractivity contribution in [1.82, 2.24) is 9.55 Å². The van der Waals surface area contributed by atoms with Gasteiger partial charge in [-0.2, -0.15) is 0 Å². The lowest BCUT2D eigenvalue weighted by atomic mass is 9.64. The summed E-state index contributed by atoms with van der Waals surface area (Å²) >= 11 is 0. The number of aromatic nitrogens is 2. The largest absolute Gasteiger partial charge is 0.334 e. The SMILES string of the molecule is C#Cc1ccc2c(c1)C1(CCC2)CCCn2cncc21. The fraction of sp³-hybridized carbons (Fsp3) is 0.389. The van der Waals surface area contributed by atoms with Crippen molar-refractivity contribution >= 4 is 0 Å². The maximum Gasteiger partial charge on any atom is 0.0948 e. The lowest BCUT2D eigenvalue weighted by molar-refractivity contribution is 0.320. The van der Waals surface area contributed by atoms with Crippen molar-refractivity contribution in [3.8, 4) is 12.3 Å². The van der Waals surface area contributed by atoms with Gasteiger partial charge in [0.1, 0.15) is 0 Å². The van der Waals surface area contributed by atoms with E-state index in [0.717, 1.165) is 12.1 Å². The van der Waals surface area contributed by atoms with Crippen LogP contribution in [0.15, 0.2) is 30.7 Å². The molecule has 4 rings (SSSR count). The van der Waals surface area contributed by atoms with E-state index in [-0.39, 0.29) is 5.41 Å². The van der Waals surface area contributed by atoms with E-state index in [0.29, 0.717) is 0 Å². The normalized spacial score (nSPS) is 23.9. The zero-order valence-electron chi connectivity index (χ0n) is 11.6. The molecule has 100 valence electrons. The van der Waals surface area contributed by atoms with Gasteiger partial charge in [-0.3, -0.25) is 0 Å². The topological polar surface area (TPSA) is 17.8 Å². The number of nitrogens with zero attached hydrogens (tertiary/aromatic N) is 2. The molecule has 2 heterocycles. The van der Waals surface area contributed by atoms with Crippen LogP contribution in [-0.2, 0) is 18.4 Å². The van der Waals surface area contributed by atoms with Crippen LogP contribution in [0.2, 0.25) is 0 Å². The Labute approximate surface area is 119 Å².